The first-order valence-corrected chi connectivity index (χ1v) is 9.89. The molecular formula is C13H19NO5S2. The van der Waals surface area contributed by atoms with Crippen molar-refractivity contribution in [3.63, 3.8) is 0 Å². The van der Waals surface area contributed by atoms with Gasteiger partial charge in [-0.2, -0.15) is 0 Å². The van der Waals surface area contributed by atoms with E-state index in [0.717, 1.165) is 5.56 Å². The summed E-state index contributed by atoms with van der Waals surface area (Å²) in [6.07, 6.45) is 0.496. The van der Waals surface area contributed by atoms with Gasteiger partial charge >= 0.3 is 0 Å². The molecular weight excluding hydrogens is 314 g/mol. The van der Waals surface area contributed by atoms with Crippen molar-refractivity contribution >= 4 is 19.9 Å². The monoisotopic (exact) mass is 333 g/mol. The number of sulfonamides is 1. The van der Waals surface area contributed by atoms with Gasteiger partial charge in [0.25, 0.3) is 0 Å². The van der Waals surface area contributed by atoms with Crippen molar-refractivity contribution in [2.45, 2.75) is 18.2 Å². The third-order valence-corrected chi connectivity index (χ3v) is 6.78. The topological polar surface area (TPSA) is 89.5 Å². The summed E-state index contributed by atoms with van der Waals surface area (Å²) in [7, 11) is -5.32. The maximum Gasteiger partial charge on any atom is 0.244 e. The summed E-state index contributed by atoms with van der Waals surface area (Å²) in [4.78, 5) is 0.0749. The normalized spacial score (nSPS) is 21.3. The minimum atomic E-state index is -3.72. The molecule has 2 rings (SSSR count). The lowest BCUT2D eigenvalue weighted by molar-refractivity contribution is 0.402. The third kappa shape index (κ3) is 3.96. The Balaban J connectivity index is 2.14. The molecule has 1 aliphatic rings. The van der Waals surface area contributed by atoms with E-state index >= 15 is 0 Å². The van der Waals surface area contributed by atoms with Gasteiger partial charge in [0, 0.05) is 6.54 Å². The molecule has 1 saturated heterocycles. The number of sulfone groups is 1. The number of nitrogens with one attached hydrogen (secondary N) is 1. The number of hydrogen-bond acceptors (Lipinski definition) is 5. The molecule has 0 bridgehead atoms. The first-order valence-electron chi connectivity index (χ1n) is 6.58. The van der Waals surface area contributed by atoms with Crippen molar-refractivity contribution in [2.75, 3.05) is 25.2 Å². The van der Waals surface area contributed by atoms with Gasteiger partial charge in [-0.3, -0.25) is 0 Å². The average Bonchev–Trinajstić information content (AvgIpc) is 2.76. The maximum absolute atomic E-state index is 12.3. The Kier molecular flexibility index (Phi) is 4.60. The van der Waals surface area contributed by atoms with Crippen molar-refractivity contribution in [1.82, 2.24) is 4.72 Å². The third-order valence-electron chi connectivity index (χ3n) is 3.50. The number of methoxy groups -OCH3 is 1. The highest BCUT2D eigenvalue weighted by molar-refractivity contribution is 7.91. The molecule has 21 heavy (non-hydrogen) atoms. The van der Waals surface area contributed by atoms with Crippen LogP contribution in [0.25, 0.3) is 0 Å². The molecule has 118 valence electrons. The molecule has 0 aromatic heterocycles. The molecule has 1 aliphatic heterocycles. The Morgan fingerprint density at radius 1 is 1.38 bits per heavy atom. The van der Waals surface area contributed by atoms with E-state index in [1.165, 1.54) is 13.2 Å². The van der Waals surface area contributed by atoms with Crippen LogP contribution in [0.15, 0.2) is 23.1 Å². The summed E-state index contributed by atoms with van der Waals surface area (Å²) in [5.41, 5.74) is 0.805. The molecule has 0 saturated carbocycles. The Hall–Kier alpha value is -1.12. The molecule has 0 aliphatic carbocycles. The highest BCUT2D eigenvalue weighted by atomic mass is 32.2. The molecule has 6 nitrogen and oxygen atoms in total. The summed E-state index contributed by atoms with van der Waals surface area (Å²) in [6, 6.07) is 4.90. The molecule has 1 N–H and O–H groups in total. The van der Waals surface area contributed by atoms with Gasteiger partial charge in [-0.25, -0.2) is 21.6 Å². The van der Waals surface area contributed by atoms with Crippen molar-refractivity contribution in [3.05, 3.63) is 23.8 Å². The molecule has 8 heteroatoms. The largest absolute Gasteiger partial charge is 0.495 e. The van der Waals surface area contributed by atoms with Crippen molar-refractivity contribution in [3.8, 4) is 5.75 Å². The summed E-state index contributed by atoms with van der Waals surface area (Å²) in [6.45, 7) is 1.92. The Morgan fingerprint density at radius 3 is 2.67 bits per heavy atom. The van der Waals surface area contributed by atoms with Gasteiger partial charge in [0.15, 0.2) is 9.84 Å². The molecule has 0 amide bonds. The van der Waals surface area contributed by atoms with Crippen molar-refractivity contribution in [2.24, 2.45) is 5.92 Å². The van der Waals surface area contributed by atoms with Gasteiger partial charge < -0.3 is 4.74 Å². The fraction of sp³-hybridized carbons (Fsp3) is 0.538. The van der Waals surface area contributed by atoms with Crippen molar-refractivity contribution in [1.29, 1.82) is 0 Å². The van der Waals surface area contributed by atoms with Crippen LogP contribution in [0.1, 0.15) is 12.0 Å². The van der Waals surface area contributed by atoms with Crippen LogP contribution in [0.5, 0.6) is 5.75 Å². The van der Waals surface area contributed by atoms with Crippen molar-refractivity contribution < 1.29 is 21.6 Å². The number of ether oxygens (including phenoxy) is 1. The lowest BCUT2D eigenvalue weighted by atomic mass is 10.1. The van der Waals surface area contributed by atoms with Gasteiger partial charge in [0.2, 0.25) is 10.0 Å². The molecule has 1 atom stereocenters. The molecule has 0 spiro atoms. The summed E-state index contributed by atoms with van der Waals surface area (Å²) in [5, 5.41) is 0. The van der Waals surface area contributed by atoms with E-state index in [-0.39, 0.29) is 34.6 Å². The van der Waals surface area contributed by atoms with E-state index in [0.29, 0.717) is 6.42 Å². The SMILES string of the molecule is COc1ccc(C)cc1S(=O)(=O)NC[C@H]1CCS(=O)(=O)C1. The van der Waals surface area contributed by atoms with E-state index in [2.05, 4.69) is 4.72 Å². The predicted molar refractivity (Wildman–Crippen MR) is 79.7 cm³/mol. The summed E-state index contributed by atoms with van der Waals surface area (Å²) in [5.74, 6) is 0.279. The van der Waals surface area contributed by atoms with E-state index < -0.39 is 19.9 Å². The van der Waals surface area contributed by atoms with Gasteiger partial charge in [-0.15, -0.1) is 0 Å². The fourth-order valence-electron chi connectivity index (χ4n) is 2.33. The first kappa shape index (κ1) is 16.3. The zero-order valence-corrected chi connectivity index (χ0v) is 13.6. The smallest absolute Gasteiger partial charge is 0.244 e. The number of rotatable bonds is 5. The van der Waals surface area contributed by atoms with Gasteiger partial charge in [0.05, 0.1) is 18.6 Å². The quantitative estimate of drug-likeness (QED) is 0.857. The van der Waals surface area contributed by atoms with Crippen LogP contribution in [0.4, 0.5) is 0 Å². The highest BCUT2D eigenvalue weighted by Crippen LogP contribution is 2.25. The predicted octanol–water partition coefficient (Wildman–Crippen LogP) is 0.717. The Morgan fingerprint density at radius 2 is 2.10 bits per heavy atom. The lowest BCUT2D eigenvalue weighted by Crippen LogP contribution is -2.30. The zero-order chi connectivity index (χ0) is 15.7. The van der Waals surface area contributed by atoms with Gasteiger partial charge in [0.1, 0.15) is 10.6 Å². The molecule has 1 aromatic rings. The maximum atomic E-state index is 12.3. The zero-order valence-electron chi connectivity index (χ0n) is 12.0. The van der Waals surface area contributed by atoms with Crippen LogP contribution in [-0.2, 0) is 19.9 Å². The average molecular weight is 333 g/mol. The lowest BCUT2D eigenvalue weighted by Gasteiger charge is -2.13. The highest BCUT2D eigenvalue weighted by Gasteiger charge is 2.29. The van der Waals surface area contributed by atoms with Crippen LogP contribution < -0.4 is 9.46 Å². The second-order valence-corrected chi connectivity index (χ2v) is 9.24. The van der Waals surface area contributed by atoms with Gasteiger partial charge in [-0.05, 0) is 37.0 Å². The van der Waals surface area contributed by atoms with Crippen LogP contribution in [0.2, 0.25) is 0 Å². The molecule has 0 unspecified atom stereocenters. The van der Waals surface area contributed by atoms with Crippen LogP contribution in [-0.4, -0.2) is 42.0 Å². The molecule has 1 heterocycles. The summed E-state index contributed by atoms with van der Waals surface area (Å²) >= 11 is 0. The van der Waals surface area contributed by atoms with Gasteiger partial charge in [-0.1, -0.05) is 6.07 Å². The fourth-order valence-corrected chi connectivity index (χ4v) is 5.56. The van der Waals surface area contributed by atoms with E-state index in [1.54, 1.807) is 19.1 Å². The molecule has 0 radical (unpaired) electrons. The second kappa shape index (κ2) is 5.94. The number of hydrogen-bond donors (Lipinski definition) is 1. The van der Waals surface area contributed by atoms with E-state index in [4.69, 9.17) is 4.74 Å². The first-order chi connectivity index (χ1) is 9.73. The Bertz CT molecular complexity index is 725. The van der Waals surface area contributed by atoms with Crippen LogP contribution in [0.3, 0.4) is 0 Å². The molecule has 1 aromatic carbocycles. The number of benzene rings is 1. The van der Waals surface area contributed by atoms with Crippen LogP contribution >= 0.6 is 0 Å². The van der Waals surface area contributed by atoms with Crippen LogP contribution in [0, 0.1) is 12.8 Å². The minimum absolute atomic E-state index is 0.0421. The second-order valence-electron chi connectivity index (χ2n) is 5.28. The van der Waals surface area contributed by atoms with E-state index in [1.807, 2.05) is 0 Å². The van der Waals surface area contributed by atoms with E-state index in [9.17, 15) is 16.8 Å². The number of aryl methyl sites for hydroxylation is 1. The minimum Gasteiger partial charge on any atom is -0.495 e. The summed E-state index contributed by atoms with van der Waals surface area (Å²) < 4.78 is 55.0. The molecule has 1 fully saturated rings. The standard InChI is InChI=1S/C13H19NO5S2/c1-10-3-4-12(19-2)13(7-10)21(17,18)14-8-11-5-6-20(15,16)9-11/h3-4,7,11,14H,5-6,8-9H2,1-2H3/t11-/m1/s1. The Labute approximate surface area is 125 Å².